The summed E-state index contributed by atoms with van der Waals surface area (Å²) in [6.45, 7) is 12.3. The molecule has 0 spiro atoms. The van der Waals surface area contributed by atoms with E-state index in [0.29, 0.717) is 17.7 Å². The molecule has 0 aromatic heterocycles. The predicted octanol–water partition coefficient (Wildman–Crippen LogP) is 5.59. The monoisotopic (exact) mass is 459 g/mol. The van der Waals surface area contributed by atoms with Crippen LogP contribution in [0.2, 0.25) is 0 Å². The first-order chi connectivity index (χ1) is 15.0. The van der Waals surface area contributed by atoms with Gasteiger partial charge in [-0.15, -0.1) is 0 Å². The number of rotatable bonds is 8. The summed E-state index contributed by atoms with van der Waals surface area (Å²) in [5, 5.41) is 3.35. The molecule has 0 aliphatic rings. The quantitative estimate of drug-likeness (QED) is 0.412. The van der Waals surface area contributed by atoms with Gasteiger partial charge in [-0.1, -0.05) is 30.3 Å². The Morgan fingerprint density at radius 1 is 1.00 bits per heavy atom. The summed E-state index contributed by atoms with van der Waals surface area (Å²) in [5.41, 5.74) is 4.39. The number of halogens is 1. The number of thiocarbonyl (C=S) groups is 1. The number of carbonyl (C=O) groups is 1. The van der Waals surface area contributed by atoms with Crippen molar-refractivity contribution in [3.05, 3.63) is 70.0 Å². The molecule has 0 saturated heterocycles. The second kappa shape index (κ2) is 11.4. The SMILES string of the molecule is Cc1ccc(CC(CNC(=S)OCc2ccc(C)c(F)c2)COC(=O)C(C)(C)C)cc1C. The van der Waals surface area contributed by atoms with Crippen LogP contribution in [0.3, 0.4) is 0 Å². The van der Waals surface area contributed by atoms with Gasteiger partial charge in [0.25, 0.3) is 5.17 Å². The molecule has 0 fully saturated rings. The van der Waals surface area contributed by atoms with Crippen molar-refractivity contribution in [1.82, 2.24) is 5.32 Å². The minimum Gasteiger partial charge on any atom is -0.466 e. The molecule has 1 atom stereocenters. The van der Waals surface area contributed by atoms with Crippen LogP contribution in [-0.2, 0) is 27.3 Å². The number of carbonyl (C=O) groups excluding carboxylic acids is 1. The molecule has 2 aromatic rings. The van der Waals surface area contributed by atoms with Gasteiger partial charge in [0.2, 0.25) is 0 Å². The maximum atomic E-state index is 13.7. The van der Waals surface area contributed by atoms with Crippen molar-refractivity contribution in [1.29, 1.82) is 0 Å². The Kier molecular flexibility index (Phi) is 9.20. The minimum absolute atomic E-state index is 0.0155. The fraction of sp³-hybridized carbons (Fsp3) is 0.462. The fourth-order valence-corrected chi connectivity index (χ4v) is 3.16. The van der Waals surface area contributed by atoms with E-state index in [1.165, 1.54) is 22.8 Å². The molecule has 0 amide bonds. The van der Waals surface area contributed by atoms with E-state index in [2.05, 4.69) is 37.4 Å². The molecule has 0 radical (unpaired) electrons. The van der Waals surface area contributed by atoms with Gasteiger partial charge in [0, 0.05) is 12.5 Å². The lowest BCUT2D eigenvalue weighted by Gasteiger charge is -2.22. The average Bonchev–Trinajstić information content (AvgIpc) is 2.72. The van der Waals surface area contributed by atoms with Crippen LogP contribution in [0.15, 0.2) is 36.4 Å². The van der Waals surface area contributed by atoms with E-state index < -0.39 is 5.41 Å². The number of nitrogens with one attached hydrogen (secondary N) is 1. The zero-order valence-corrected chi connectivity index (χ0v) is 20.7. The van der Waals surface area contributed by atoms with Crippen LogP contribution in [0, 0.1) is 37.9 Å². The van der Waals surface area contributed by atoms with E-state index in [9.17, 15) is 9.18 Å². The smallest absolute Gasteiger partial charge is 0.311 e. The molecule has 0 saturated carbocycles. The standard InChI is InChI=1S/C26H34FNO3S/c1-17-7-9-20(11-19(17)3)12-22(16-30-24(29)26(4,5)6)14-28-25(32)31-15-21-10-8-18(2)23(27)13-21/h7-11,13,22H,12,14-16H2,1-6H3,(H,28,32). The van der Waals surface area contributed by atoms with E-state index >= 15 is 0 Å². The van der Waals surface area contributed by atoms with Crippen LogP contribution >= 0.6 is 12.2 Å². The van der Waals surface area contributed by atoms with Gasteiger partial charge in [-0.25, -0.2) is 4.39 Å². The highest BCUT2D eigenvalue weighted by atomic mass is 32.1. The van der Waals surface area contributed by atoms with Gasteiger partial charge in [0.05, 0.1) is 12.0 Å². The van der Waals surface area contributed by atoms with Gasteiger partial charge in [-0.05, 0) is 94.1 Å². The number of hydrogen-bond donors (Lipinski definition) is 1. The fourth-order valence-electron chi connectivity index (χ4n) is 3.02. The Morgan fingerprint density at radius 2 is 1.66 bits per heavy atom. The van der Waals surface area contributed by atoms with Crippen LogP contribution in [0.5, 0.6) is 0 Å². The highest BCUT2D eigenvalue weighted by Gasteiger charge is 2.24. The Bertz CT molecular complexity index is 953. The van der Waals surface area contributed by atoms with Crippen LogP contribution in [-0.4, -0.2) is 24.3 Å². The van der Waals surface area contributed by atoms with E-state index in [0.717, 1.165) is 6.42 Å². The van der Waals surface area contributed by atoms with Gasteiger partial charge in [0.1, 0.15) is 12.4 Å². The Labute approximate surface area is 196 Å². The molecular formula is C26H34FNO3S. The van der Waals surface area contributed by atoms with Crippen molar-refractivity contribution < 1.29 is 18.7 Å². The van der Waals surface area contributed by atoms with Crippen molar-refractivity contribution in [2.24, 2.45) is 11.3 Å². The third-order valence-corrected chi connectivity index (χ3v) is 5.56. The summed E-state index contributed by atoms with van der Waals surface area (Å²) in [4.78, 5) is 12.2. The lowest BCUT2D eigenvalue weighted by molar-refractivity contribution is -0.154. The summed E-state index contributed by atoms with van der Waals surface area (Å²) in [5.74, 6) is -0.483. The molecule has 174 valence electrons. The van der Waals surface area contributed by atoms with Gasteiger partial charge in [0.15, 0.2) is 0 Å². The first-order valence-corrected chi connectivity index (χ1v) is 11.3. The third kappa shape index (κ3) is 8.23. The first kappa shape index (κ1) is 25.8. The summed E-state index contributed by atoms with van der Waals surface area (Å²) in [7, 11) is 0. The molecule has 1 unspecified atom stereocenters. The Morgan fingerprint density at radius 3 is 2.28 bits per heavy atom. The number of hydrogen-bond acceptors (Lipinski definition) is 4. The lowest BCUT2D eigenvalue weighted by Crippen LogP contribution is -2.34. The highest BCUT2D eigenvalue weighted by molar-refractivity contribution is 7.80. The molecular weight excluding hydrogens is 425 g/mol. The number of ether oxygens (including phenoxy) is 2. The van der Waals surface area contributed by atoms with Crippen molar-refractivity contribution in [2.45, 2.75) is 54.6 Å². The summed E-state index contributed by atoms with van der Waals surface area (Å²) >= 11 is 5.29. The second-order valence-corrected chi connectivity index (χ2v) is 9.75. The topological polar surface area (TPSA) is 47.6 Å². The lowest BCUT2D eigenvalue weighted by atomic mass is 9.96. The molecule has 2 aromatic carbocycles. The van der Waals surface area contributed by atoms with Gasteiger partial charge < -0.3 is 14.8 Å². The summed E-state index contributed by atoms with van der Waals surface area (Å²) in [6, 6.07) is 11.3. The highest BCUT2D eigenvalue weighted by Crippen LogP contribution is 2.18. The molecule has 4 nitrogen and oxygen atoms in total. The number of aryl methyl sites for hydroxylation is 3. The zero-order valence-electron chi connectivity index (χ0n) is 19.9. The zero-order chi connectivity index (χ0) is 23.9. The van der Waals surface area contributed by atoms with E-state index in [4.69, 9.17) is 21.7 Å². The molecule has 32 heavy (non-hydrogen) atoms. The normalized spacial score (nSPS) is 12.2. The molecule has 0 aliphatic heterocycles. The minimum atomic E-state index is -0.555. The van der Waals surface area contributed by atoms with Crippen LogP contribution < -0.4 is 5.32 Å². The Balaban J connectivity index is 1.96. The first-order valence-electron chi connectivity index (χ1n) is 10.8. The number of benzene rings is 2. The van der Waals surface area contributed by atoms with E-state index in [-0.39, 0.29) is 36.1 Å². The van der Waals surface area contributed by atoms with Crippen molar-refractivity contribution in [3.63, 3.8) is 0 Å². The van der Waals surface area contributed by atoms with Gasteiger partial charge in [-0.3, -0.25) is 4.79 Å². The number of esters is 1. The van der Waals surface area contributed by atoms with Gasteiger partial charge >= 0.3 is 5.97 Å². The van der Waals surface area contributed by atoms with Gasteiger partial charge in [-0.2, -0.15) is 0 Å². The van der Waals surface area contributed by atoms with E-state index in [1.54, 1.807) is 13.0 Å². The van der Waals surface area contributed by atoms with Crippen LogP contribution in [0.25, 0.3) is 0 Å². The molecule has 1 N–H and O–H groups in total. The molecule has 0 heterocycles. The molecule has 2 rings (SSSR count). The van der Waals surface area contributed by atoms with Crippen LogP contribution in [0.4, 0.5) is 4.39 Å². The molecule has 0 aliphatic carbocycles. The third-order valence-electron chi connectivity index (χ3n) is 5.30. The molecule has 6 heteroatoms. The van der Waals surface area contributed by atoms with E-state index in [1.807, 2.05) is 26.8 Å². The predicted molar refractivity (Wildman–Crippen MR) is 130 cm³/mol. The van der Waals surface area contributed by atoms with Crippen molar-refractivity contribution in [2.75, 3.05) is 13.2 Å². The Hall–Kier alpha value is -2.47. The maximum Gasteiger partial charge on any atom is 0.311 e. The van der Waals surface area contributed by atoms with Crippen molar-refractivity contribution in [3.8, 4) is 0 Å². The second-order valence-electron chi connectivity index (χ2n) is 9.38. The van der Waals surface area contributed by atoms with Crippen molar-refractivity contribution >= 4 is 23.4 Å². The van der Waals surface area contributed by atoms with Crippen LogP contribution in [0.1, 0.15) is 48.6 Å². The molecule has 0 bridgehead atoms. The maximum absolute atomic E-state index is 13.7. The summed E-state index contributed by atoms with van der Waals surface area (Å²) < 4.78 is 24.9. The average molecular weight is 460 g/mol. The largest absolute Gasteiger partial charge is 0.466 e. The summed E-state index contributed by atoms with van der Waals surface area (Å²) in [6.07, 6.45) is 0.733.